The van der Waals surface area contributed by atoms with Crippen LogP contribution in [0.5, 0.6) is 11.6 Å². The van der Waals surface area contributed by atoms with Gasteiger partial charge in [-0.3, -0.25) is 9.36 Å². The number of hydrogen-bond acceptors (Lipinski definition) is 5. The molecule has 0 aliphatic rings. The standard InChI is InChI=1S/C29H25N3O3/c1-3-20-8-6-10-26(29(20)22-13-15-30-27(17-22)34-2)32-16-14-24(18-28(32)33)35-19-23-12-11-21-7-4-5-9-25(21)31-23/h4-18H,3,19H2,1-2H3. The molecule has 3 heterocycles. The summed E-state index contributed by atoms with van der Waals surface area (Å²) in [7, 11) is 1.59. The fourth-order valence-corrected chi connectivity index (χ4v) is 4.19. The molecule has 0 radical (unpaired) electrons. The van der Waals surface area contributed by atoms with E-state index in [1.54, 1.807) is 30.1 Å². The summed E-state index contributed by atoms with van der Waals surface area (Å²) in [5.41, 5.74) is 5.39. The van der Waals surface area contributed by atoms with Crippen LogP contribution in [-0.4, -0.2) is 21.6 Å². The quantitative estimate of drug-likeness (QED) is 0.314. The number of benzene rings is 2. The third-order valence-corrected chi connectivity index (χ3v) is 5.94. The number of nitrogens with zero attached hydrogens (tertiary/aromatic N) is 3. The van der Waals surface area contributed by atoms with Gasteiger partial charge in [-0.25, -0.2) is 9.97 Å². The van der Waals surface area contributed by atoms with E-state index in [9.17, 15) is 4.79 Å². The number of hydrogen-bond donors (Lipinski definition) is 0. The maximum Gasteiger partial charge on any atom is 0.258 e. The van der Waals surface area contributed by atoms with Crippen LogP contribution in [0, 0.1) is 0 Å². The van der Waals surface area contributed by atoms with E-state index in [1.807, 2.05) is 60.7 Å². The van der Waals surface area contributed by atoms with Crippen molar-refractivity contribution in [3.63, 3.8) is 0 Å². The molecule has 174 valence electrons. The summed E-state index contributed by atoms with van der Waals surface area (Å²) in [6.07, 6.45) is 4.29. The van der Waals surface area contributed by atoms with Crippen LogP contribution in [0.1, 0.15) is 18.2 Å². The molecule has 0 spiro atoms. The van der Waals surface area contributed by atoms with Gasteiger partial charge < -0.3 is 9.47 Å². The highest BCUT2D eigenvalue weighted by Gasteiger charge is 2.14. The van der Waals surface area contributed by atoms with Crippen LogP contribution in [0.15, 0.2) is 96.1 Å². The van der Waals surface area contributed by atoms with E-state index < -0.39 is 0 Å². The maximum absolute atomic E-state index is 13.2. The number of aryl methyl sites for hydroxylation is 1. The van der Waals surface area contributed by atoms with Gasteiger partial charge in [0.1, 0.15) is 12.4 Å². The fraction of sp³-hybridized carbons (Fsp3) is 0.138. The zero-order chi connectivity index (χ0) is 24.2. The van der Waals surface area contributed by atoms with Crippen LogP contribution in [0.25, 0.3) is 27.7 Å². The molecule has 0 aliphatic heterocycles. The number of rotatable bonds is 7. The van der Waals surface area contributed by atoms with Gasteiger partial charge in [0.2, 0.25) is 5.88 Å². The van der Waals surface area contributed by atoms with E-state index in [1.165, 1.54) is 6.07 Å². The minimum atomic E-state index is -0.176. The molecule has 0 N–H and O–H groups in total. The van der Waals surface area contributed by atoms with Crippen LogP contribution in [0.2, 0.25) is 0 Å². The molecule has 2 aromatic carbocycles. The Balaban J connectivity index is 1.46. The summed E-state index contributed by atoms with van der Waals surface area (Å²) in [5.74, 6) is 1.03. The Labute approximate surface area is 203 Å². The van der Waals surface area contributed by atoms with Gasteiger partial charge in [0.15, 0.2) is 0 Å². The Kier molecular flexibility index (Phi) is 6.26. The third kappa shape index (κ3) is 4.64. The zero-order valence-corrected chi connectivity index (χ0v) is 19.6. The maximum atomic E-state index is 13.2. The lowest BCUT2D eigenvalue weighted by molar-refractivity contribution is 0.301. The van der Waals surface area contributed by atoms with Gasteiger partial charge in [0, 0.05) is 35.5 Å². The molecule has 0 amide bonds. The van der Waals surface area contributed by atoms with Crippen molar-refractivity contribution in [3.05, 3.63) is 113 Å². The van der Waals surface area contributed by atoms with Crippen molar-refractivity contribution in [2.45, 2.75) is 20.0 Å². The molecule has 35 heavy (non-hydrogen) atoms. The summed E-state index contributed by atoms with van der Waals surface area (Å²) in [4.78, 5) is 22.0. The van der Waals surface area contributed by atoms with Gasteiger partial charge in [-0.15, -0.1) is 0 Å². The third-order valence-electron chi connectivity index (χ3n) is 5.94. The highest BCUT2D eigenvalue weighted by molar-refractivity contribution is 5.78. The first-order valence-corrected chi connectivity index (χ1v) is 11.5. The van der Waals surface area contributed by atoms with Crippen molar-refractivity contribution in [3.8, 4) is 28.4 Å². The molecule has 5 rings (SSSR count). The van der Waals surface area contributed by atoms with E-state index in [0.717, 1.165) is 45.4 Å². The Morgan fingerprint density at radius 2 is 1.83 bits per heavy atom. The fourth-order valence-electron chi connectivity index (χ4n) is 4.19. The van der Waals surface area contributed by atoms with E-state index in [0.29, 0.717) is 11.6 Å². The molecule has 0 fully saturated rings. The SMILES string of the molecule is CCc1cccc(-n2ccc(OCc3ccc4ccccc4n3)cc2=O)c1-c1ccnc(OC)c1. The van der Waals surface area contributed by atoms with E-state index >= 15 is 0 Å². The van der Waals surface area contributed by atoms with E-state index in [-0.39, 0.29) is 12.2 Å². The van der Waals surface area contributed by atoms with Crippen LogP contribution < -0.4 is 15.0 Å². The van der Waals surface area contributed by atoms with Crippen LogP contribution in [0.4, 0.5) is 0 Å². The first-order valence-electron chi connectivity index (χ1n) is 11.5. The van der Waals surface area contributed by atoms with Crippen molar-refractivity contribution in [2.24, 2.45) is 0 Å². The summed E-state index contributed by atoms with van der Waals surface area (Å²) in [6.45, 7) is 2.38. The van der Waals surface area contributed by atoms with Crippen LogP contribution in [-0.2, 0) is 13.0 Å². The van der Waals surface area contributed by atoms with Crippen molar-refractivity contribution in [1.82, 2.24) is 14.5 Å². The van der Waals surface area contributed by atoms with E-state index in [4.69, 9.17) is 9.47 Å². The largest absolute Gasteiger partial charge is 0.487 e. The lowest BCUT2D eigenvalue weighted by Crippen LogP contribution is -2.18. The number of fused-ring (bicyclic) bond motifs is 1. The minimum absolute atomic E-state index is 0.176. The molecule has 5 aromatic rings. The Hall–Kier alpha value is -4.45. The second kappa shape index (κ2) is 9.81. The number of aromatic nitrogens is 3. The van der Waals surface area contributed by atoms with Crippen molar-refractivity contribution >= 4 is 10.9 Å². The summed E-state index contributed by atoms with van der Waals surface area (Å²) >= 11 is 0. The molecule has 6 heteroatoms. The highest BCUT2D eigenvalue weighted by Crippen LogP contribution is 2.32. The molecule has 6 nitrogen and oxygen atoms in total. The topological polar surface area (TPSA) is 66.2 Å². The van der Waals surface area contributed by atoms with Crippen molar-refractivity contribution < 1.29 is 9.47 Å². The lowest BCUT2D eigenvalue weighted by Gasteiger charge is -2.17. The minimum Gasteiger partial charge on any atom is -0.487 e. The monoisotopic (exact) mass is 463 g/mol. The predicted octanol–water partition coefficient (Wildman–Crippen LogP) is 5.60. The summed E-state index contributed by atoms with van der Waals surface area (Å²) < 4.78 is 12.9. The van der Waals surface area contributed by atoms with Crippen molar-refractivity contribution in [1.29, 1.82) is 0 Å². The molecule has 0 saturated heterocycles. The van der Waals surface area contributed by atoms with Gasteiger partial charge >= 0.3 is 0 Å². The smallest absolute Gasteiger partial charge is 0.258 e. The average Bonchev–Trinajstić information content (AvgIpc) is 2.91. The van der Waals surface area contributed by atoms with Gasteiger partial charge in [0.05, 0.1) is 24.0 Å². The number of para-hydroxylation sites is 1. The molecule has 0 atom stereocenters. The second-order valence-corrected chi connectivity index (χ2v) is 8.11. The lowest BCUT2D eigenvalue weighted by atomic mass is 9.96. The van der Waals surface area contributed by atoms with Crippen molar-refractivity contribution in [2.75, 3.05) is 7.11 Å². The Morgan fingerprint density at radius 3 is 2.66 bits per heavy atom. The molecular formula is C29H25N3O3. The highest BCUT2D eigenvalue weighted by atomic mass is 16.5. The number of pyridine rings is 3. The molecule has 0 saturated carbocycles. The molecule has 0 unspecified atom stereocenters. The molecule has 0 aliphatic carbocycles. The zero-order valence-electron chi connectivity index (χ0n) is 19.6. The Morgan fingerprint density at radius 1 is 0.943 bits per heavy atom. The molecular weight excluding hydrogens is 438 g/mol. The van der Waals surface area contributed by atoms with Gasteiger partial charge in [0.25, 0.3) is 5.56 Å². The Bertz CT molecular complexity index is 1560. The number of ether oxygens (including phenoxy) is 2. The van der Waals surface area contributed by atoms with Crippen LogP contribution >= 0.6 is 0 Å². The molecule has 3 aromatic heterocycles. The number of methoxy groups -OCH3 is 1. The van der Waals surface area contributed by atoms with Gasteiger partial charge in [-0.1, -0.05) is 43.3 Å². The average molecular weight is 464 g/mol. The molecule has 0 bridgehead atoms. The second-order valence-electron chi connectivity index (χ2n) is 8.11. The van der Waals surface area contributed by atoms with Gasteiger partial charge in [-0.05, 0) is 47.9 Å². The normalized spacial score (nSPS) is 10.9. The predicted molar refractivity (Wildman–Crippen MR) is 137 cm³/mol. The van der Waals surface area contributed by atoms with Gasteiger partial charge in [-0.2, -0.15) is 0 Å². The first kappa shape index (κ1) is 22.3. The van der Waals surface area contributed by atoms with E-state index in [2.05, 4.69) is 23.0 Å². The summed E-state index contributed by atoms with van der Waals surface area (Å²) in [6, 6.07) is 25.0. The van der Waals surface area contributed by atoms with Crippen LogP contribution in [0.3, 0.4) is 0 Å². The summed E-state index contributed by atoms with van der Waals surface area (Å²) in [5, 5.41) is 1.08. The first-order chi connectivity index (χ1) is 17.2.